The summed E-state index contributed by atoms with van der Waals surface area (Å²) in [6.45, 7) is 3.38. The third kappa shape index (κ3) is 6.12. The number of hydrogen-bond donors (Lipinski definition) is 2. The number of rotatable bonds is 7. The van der Waals surface area contributed by atoms with Crippen LogP contribution in [0.4, 0.5) is 30.2 Å². The normalized spacial score (nSPS) is 16.1. The number of carbonyl (C=O) groups excluding carboxylic acids is 3. The van der Waals surface area contributed by atoms with Crippen molar-refractivity contribution in [3.8, 4) is 0 Å². The summed E-state index contributed by atoms with van der Waals surface area (Å²) in [6, 6.07) is 10.7. The Morgan fingerprint density at radius 3 is 2.39 bits per heavy atom. The molecular weight excluding hydrogens is 435 g/mol. The van der Waals surface area contributed by atoms with Gasteiger partial charge in [0.1, 0.15) is 0 Å². The van der Waals surface area contributed by atoms with Gasteiger partial charge in [0.25, 0.3) is 0 Å². The van der Waals surface area contributed by atoms with E-state index in [4.69, 9.17) is 0 Å². The van der Waals surface area contributed by atoms with Gasteiger partial charge in [-0.25, -0.2) is 0 Å². The minimum atomic E-state index is -4.74. The van der Waals surface area contributed by atoms with Gasteiger partial charge in [0.05, 0.1) is 17.2 Å². The quantitative estimate of drug-likeness (QED) is 0.609. The van der Waals surface area contributed by atoms with Crippen LogP contribution in [0.1, 0.15) is 44.2 Å². The lowest BCUT2D eigenvalue weighted by atomic mass is 10.1. The molecule has 6 nitrogen and oxygen atoms in total. The number of nitrogens with zero attached hydrogens (tertiary/aromatic N) is 1. The van der Waals surface area contributed by atoms with E-state index in [9.17, 15) is 27.6 Å². The largest absolute Gasteiger partial charge is 0.418 e. The van der Waals surface area contributed by atoms with Crippen molar-refractivity contribution in [3.63, 3.8) is 0 Å². The summed E-state index contributed by atoms with van der Waals surface area (Å²) in [4.78, 5) is 37.9. The van der Waals surface area contributed by atoms with Crippen molar-refractivity contribution in [2.45, 2.75) is 45.7 Å². The summed E-state index contributed by atoms with van der Waals surface area (Å²) in [5.74, 6) is -2.21. The second kappa shape index (κ2) is 10.1. The smallest absolute Gasteiger partial charge is 0.326 e. The number of benzene rings is 2. The van der Waals surface area contributed by atoms with Crippen LogP contribution in [0, 0.1) is 5.92 Å². The Kier molecular flexibility index (Phi) is 7.40. The van der Waals surface area contributed by atoms with Gasteiger partial charge in [-0.05, 0) is 48.7 Å². The highest BCUT2D eigenvalue weighted by Gasteiger charge is 2.38. The second-order valence-corrected chi connectivity index (χ2v) is 8.10. The maximum absolute atomic E-state index is 13.5. The van der Waals surface area contributed by atoms with Crippen molar-refractivity contribution >= 4 is 34.8 Å². The second-order valence-electron chi connectivity index (χ2n) is 8.10. The van der Waals surface area contributed by atoms with Crippen LogP contribution in [0.15, 0.2) is 42.5 Å². The first-order valence-corrected chi connectivity index (χ1v) is 10.8. The minimum Gasteiger partial charge on any atom is -0.326 e. The molecule has 9 heteroatoms. The van der Waals surface area contributed by atoms with Crippen molar-refractivity contribution in [2.24, 2.45) is 5.92 Å². The van der Waals surface area contributed by atoms with E-state index in [0.717, 1.165) is 37.0 Å². The first-order valence-electron chi connectivity index (χ1n) is 10.8. The fourth-order valence-corrected chi connectivity index (χ4v) is 3.76. The van der Waals surface area contributed by atoms with Crippen molar-refractivity contribution in [1.82, 2.24) is 0 Å². The van der Waals surface area contributed by atoms with Gasteiger partial charge in [-0.2, -0.15) is 13.2 Å². The zero-order valence-electron chi connectivity index (χ0n) is 18.5. The zero-order valence-corrected chi connectivity index (χ0v) is 18.5. The number of alkyl halides is 3. The van der Waals surface area contributed by atoms with Crippen molar-refractivity contribution in [1.29, 1.82) is 0 Å². The summed E-state index contributed by atoms with van der Waals surface area (Å²) in [7, 11) is 0. The SMILES string of the molecule is CCCCc1ccc(N2CC(C(=O)Nc3ccc(NC(C)=O)cc3C(F)(F)F)CC2=O)cc1. The van der Waals surface area contributed by atoms with Crippen LogP contribution in [0.3, 0.4) is 0 Å². The highest BCUT2D eigenvalue weighted by molar-refractivity contribution is 6.04. The third-order valence-electron chi connectivity index (χ3n) is 5.47. The van der Waals surface area contributed by atoms with Crippen molar-refractivity contribution in [2.75, 3.05) is 22.1 Å². The van der Waals surface area contributed by atoms with Gasteiger partial charge in [0.15, 0.2) is 0 Å². The van der Waals surface area contributed by atoms with Gasteiger partial charge >= 0.3 is 6.18 Å². The molecule has 0 radical (unpaired) electrons. The Labute approximate surface area is 190 Å². The molecule has 1 atom stereocenters. The lowest BCUT2D eigenvalue weighted by molar-refractivity contribution is -0.137. The maximum Gasteiger partial charge on any atom is 0.418 e. The molecule has 176 valence electrons. The average molecular weight is 461 g/mol. The number of amides is 3. The molecule has 33 heavy (non-hydrogen) atoms. The standard InChI is InChI=1S/C24H26F3N3O3/c1-3-4-5-16-6-9-19(10-7-16)30-14-17(12-22(30)32)23(33)29-21-11-8-18(28-15(2)31)13-20(21)24(25,26)27/h6-11,13,17H,3-5,12,14H2,1-2H3,(H,28,31)(H,29,33). The molecule has 2 N–H and O–H groups in total. The van der Waals surface area contributed by atoms with E-state index in [2.05, 4.69) is 17.6 Å². The molecule has 0 aromatic heterocycles. The fraction of sp³-hybridized carbons (Fsp3) is 0.375. The molecule has 1 aliphatic heterocycles. The van der Waals surface area contributed by atoms with Crippen LogP contribution in [-0.2, 0) is 27.0 Å². The summed E-state index contributed by atoms with van der Waals surface area (Å²) in [5.41, 5.74) is 0.284. The molecule has 1 saturated heterocycles. The molecule has 1 heterocycles. The Hall–Kier alpha value is -3.36. The number of aryl methyl sites for hydroxylation is 1. The Balaban J connectivity index is 1.72. The molecule has 3 rings (SSSR count). The van der Waals surface area contributed by atoms with Crippen LogP contribution in [-0.4, -0.2) is 24.3 Å². The number of hydrogen-bond acceptors (Lipinski definition) is 3. The van der Waals surface area contributed by atoms with E-state index in [1.165, 1.54) is 17.9 Å². The molecule has 3 amide bonds. The van der Waals surface area contributed by atoms with E-state index in [1.807, 2.05) is 24.3 Å². The number of anilines is 3. The molecule has 0 spiro atoms. The monoisotopic (exact) mass is 461 g/mol. The molecule has 0 aliphatic carbocycles. The number of unbranched alkanes of at least 4 members (excludes halogenated alkanes) is 1. The van der Waals surface area contributed by atoms with Gasteiger partial charge in [-0.3, -0.25) is 14.4 Å². The van der Waals surface area contributed by atoms with Crippen molar-refractivity contribution < 1.29 is 27.6 Å². The first kappa shape index (κ1) is 24.3. The predicted octanol–water partition coefficient (Wildman–Crippen LogP) is 5.00. The lowest BCUT2D eigenvalue weighted by Gasteiger charge is -2.18. The van der Waals surface area contributed by atoms with Gasteiger partial charge in [-0.15, -0.1) is 0 Å². The summed E-state index contributed by atoms with van der Waals surface area (Å²) in [6.07, 6.45) is -1.74. The molecule has 1 unspecified atom stereocenters. The average Bonchev–Trinajstić information content (AvgIpc) is 3.14. The molecule has 0 bridgehead atoms. The Morgan fingerprint density at radius 1 is 1.09 bits per heavy atom. The van der Waals surface area contributed by atoms with Gasteiger partial charge in [0.2, 0.25) is 17.7 Å². The van der Waals surface area contributed by atoms with Gasteiger partial charge < -0.3 is 15.5 Å². The van der Waals surface area contributed by atoms with Gasteiger partial charge in [-0.1, -0.05) is 25.5 Å². The molecule has 1 aliphatic rings. The zero-order chi connectivity index (χ0) is 24.2. The van der Waals surface area contributed by atoms with Crippen LogP contribution in [0.2, 0.25) is 0 Å². The highest BCUT2D eigenvalue weighted by Crippen LogP contribution is 2.37. The van der Waals surface area contributed by atoms with Gasteiger partial charge in [0, 0.05) is 31.3 Å². The van der Waals surface area contributed by atoms with Crippen LogP contribution < -0.4 is 15.5 Å². The Morgan fingerprint density at radius 2 is 1.79 bits per heavy atom. The van der Waals surface area contributed by atoms with Crippen LogP contribution >= 0.6 is 0 Å². The van der Waals surface area contributed by atoms with E-state index in [-0.39, 0.29) is 24.6 Å². The molecule has 2 aromatic rings. The Bertz CT molecular complexity index is 1040. The van der Waals surface area contributed by atoms with E-state index >= 15 is 0 Å². The number of halogens is 3. The lowest BCUT2D eigenvalue weighted by Crippen LogP contribution is -2.28. The maximum atomic E-state index is 13.5. The molecular formula is C24H26F3N3O3. The number of carbonyl (C=O) groups is 3. The summed E-state index contributed by atoms with van der Waals surface area (Å²) >= 11 is 0. The van der Waals surface area contributed by atoms with E-state index in [1.54, 1.807) is 0 Å². The van der Waals surface area contributed by atoms with Crippen LogP contribution in [0.5, 0.6) is 0 Å². The predicted molar refractivity (Wildman–Crippen MR) is 120 cm³/mol. The van der Waals surface area contributed by atoms with Crippen LogP contribution in [0.25, 0.3) is 0 Å². The summed E-state index contributed by atoms with van der Waals surface area (Å²) < 4.78 is 40.6. The first-order chi connectivity index (χ1) is 15.6. The van der Waals surface area contributed by atoms with Crippen molar-refractivity contribution in [3.05, 3.63) is 53.6 Å². The minimum absolute atomic E-state index is 0.0302. The highest BCUT2D eigenvalue weighted by atomic mass is 19.4. The number of nitrogens with one attached hydrogen (secondary N) is 2. The molecule has 2 aromatic carbocycles. The molecule has 0 saturated carbocycles. The van der Waals surface area contributed by atoms with E-state index in [0.29, 0.717) is 5.69 Å². The summed E-state index contributed by atoms with van der Waals surface area (Å²) in [5, 5.41) is 4.61. The topological polar surface area (TPSA) is 78.5 Å². The fourth-order valence-electron chi connectivity index (χ4n) is 3.76. The van der Waals surface area contributed by atoms with E-state index < -0.39 is 35.2 Å². The molecule has 1 fully saturated rings. The third-order valence-corrected chi connectivity index (χ3v) is 5.47.